The minimum absolute atomic E-state index is 0.455. The third-order valence-corrected chi connectivity index (χ3v) is 2.56. The average molecular weight is 274 g/mol. The van der Waals surface area contributed by atoms with Crippen molar-refractivity contribution in [2.75, 3.05) is 12.4 Å². The van der Waals surface area contributed by atoms with Gasteiger partial charge in [0.2, 0.25) is 0 Å². The van der Waals surface area contributed by atoms with Gasteiger partial charge in [-0.15, -0.1) is 0 Å². The van der Waals surface area contributed by atoms with Crippen LogP contribution in [0.1, 0.15) is 20.8 Å². The van der Waals surface area contributed by atoms with Crippen LogP contribution in [0.25, 0.3) is 10.8 Å². The fraction of sp³-hybridized carbons (Fsp3) is 0.333. The van der Waals surface area contributed by atoms with Crippen LogP contribution < -0.4 is 10.1 Å². The molecule has 5 heteroatoms. The van der Waals surface area contributed by atoms with Crippen molar-refractivity contribution in [1.29, 1.82) is 0 Å². The first kappa shape index (κ1) is 14.1. The number of benzene rings is 1. The van der Waals surface area contributed by atoms with Gasteiger partial charge in [-0.1, -0.05) is 6.07 Å². The predicted octanol–water partition coefficient (Wildman–Crippen LogP) is 3.59. The molecule has 1 amide bonds. The standard InChI is InChI=1S/C15H18N2O3/c1-15(2,3)20-14(18)17-13-8-10-5-6-12(19-4)7-11(10)9-16-13/h5-9H,1-4H3,(H,16,17,18). The van der Waals surface area contributed by atoms with Crippen LogP contribution >= 0.6 is 0 Å². The van der Waals surface area contributed by atoms with E-state index in [1.807, 2.05) is 39.0 Å². The fourth-order valence-corrected chi connectivity index (χ4v) is 1.72. The molecule has 20 heavy (non-hydrogen) atoms. The van der Waals surface area contributed by atoms with Gasteiger partial charge < -0.3 is 9.47 Å². The summed E-state index contributed by atoms with van der Waals surface area (Å²) >= 11 is 0. The Hall–Kier alpha value is -2.30. The molecular formula is C15H18N2O3. The average Bonchev–Trinajstić information content (AvgIpc) is 2.35. The second-order valence-corrected chi connectivity index (χ2v) is 5.41. The largest absolute Gasteiger partial charge is 0.497 e. The Morgan fingerprint density at radius 3 is 2.60 bits per heavy atom. The van der Waals surface area contributed by atoms with Gasteiger partial charge in [0.1, 0.15) is 17.2 Å². The van der Waals surface area contributed by atoms with Crippen LogP contribution in [0.5, 0.6) is 5.75 Å². The zero-order valence-corrected chi connectivity index (χ0v) is 12.1. The van der Waals surface area contributed by atoms with E-state index in [1.54, 1.807) is 19.4 Å². The maximum atomic E-state index is 11.7. The zero-order chi connectivity index (χ0) is 14.8. The minimum Gasteiger partial charge on any atom is -0.497 e. The predicted molar refractivity (Wildman–Crippen MR) is 78.2 cm³/mol. The summed E-state index contributed by atoms with van der Waals surface area (Å²) in [5.74, 6) is 1.23. The van der Waals surface area contributed by atoms with E-state index < -0.39 is 11.7 Å². The van der Waals surface area contributed by atoms with Gasteiger partial charge in [-0.2, -0.15) is 0 Å². The molecule has 2 aromatic rings. The van der Waals surface area contributed by atoms with Crippen molar-refractivity contribution in [3.63, 3.8) is 0 Å². The van der Waals surface area contributed by atoms with Gasteiger partial charge in [-0.3, -0.25) is 5.32 Å². The van der Waals surface area contributed by atoms with Gasteiger partial charge in [-0.25, -0.2) is 9.78 Å². The highest BCUT2D eigenvalue weighted by molar-refractivity contribution is 5.89. The van der Waals surface area contributed by atoms with Crippen LogP contribution in [0.2, 0.25) is 0 Å². The summed E-state index contributed by atoms with van der Waals surface area (Å²) in [6.07, 6.45) is 1.17. The van der Waals surface area contributed by atoms with Crippen LogP contribution in [-0.4, -0.2) is 23.8 Å². The molecular weight excluding hydrogens is 256 g/mol. The van der Waals surface area contributed by atoms with E-state index in [9.17, 15) is 4.79 Å². The minimum atomic E-state index is -0.533. The summed E-state index contributed by atoms with van der Waals surface area (Å²) in [7, 11) is 1.62. The van der Waals surface area contributed by atoms with Gasteiger partial charge in [0.15, 0.2) is 0 Å². The van der Waals surface area contributed by atoms with Gasteiger partial charge in [0.05, 0.1) is 7.11 Å². The third kappa shape index (κ3) is 3.60. The monoisotopic (exact) mass is 274 g/mol. The van der Waals surface area contributed by atoms with Gasteiger partial charge in [0, 0.05) is 11.6 Å². The lowest BCUT2D eigenvalue weighted by Crippen LogP contribution is -2.27. The summed E-state index contributed by atoms with van der Waals surface area (Å²) < 4.78 is 10.3. The first-order valence-electron chi connectivity index (χ1n) is 6.31. The highest BCUT2D eigenvalue weighted by Gasteiger charge is 2.16. The molecule has 0 atom stereocenters. The molecule has 0 saturated heterocycles. The molecule has 0 aliphatic heterocycles. The number of nitrogens with one attached hydrogen (secondary N) is 1. The molecule has 1 aromatic heterocycles. The van der Waals surface area contributed by atoms with Gasteiger partial charge >= 0.3 is 6.09 Å². The van der Waals surface area contributed by atoms with E-state index in [2.05, 4.69) is 10.3 Å². The number of carbonyl (C=O) groups excluding carboxylic acids is 1. The van der Waals surface area contributed by atoms with E-state index in [0.717, 1.165) is 16.5 Å². The summed E-state index contributed by atoms with van der Waals surface area (Å²) in [6.45, 7) is 5.44. The maximum Gasteiger partial charge on any atom is 0.413 e. The second-order valence-electron chi connectivity index (χ2n) is 5.41. The SMILES string of the molecule is COc1ccc2cc(NC(=O)OC(C)(C)C)ncc2c1. The van der Waals surface area contributed by atoms with Crippen LogP contribution in [-0.2, 0) is 4.74 Å². The molecule has 0 aliphatic rings. The van der Waals surface area contributed by atoms with E-state index >= 15 is 0 Å². The van der Waals surface area contributed by atoms with Crippen molar-refractivity contribution in [2.45, 2.75) is 26.4 Å². The zero-order valence-electron chi connectivity index (χ0n) is 12.1. The number of aromatic nitrogens is 1. The Morgan fingerprint density at radius 1 is 1.20 bits per heavy atom. The summed E-state index contributed by atoms with van der Waals surface area (Å²) in [6, 6.07) is 7.45. The lowest BCUT2D eigenvalue weighted by atomic mass is 10.1. The second kappa shape index (κ2) is 5.36. The Balaban J connectivity index is 2.18. The van der Waals surface area contributed by atoms with Crippen molar-refractivity contribution in [1.82, 2.24) is 4.98 Å². The fourth-order valence-electron chi connectivity index (χ4n) is 1.72. The molecule has 0 saturated carbocycles. The van der Waals surface area contributed by atoms with E-state index in [-0.39, 0.29) is 0 Å². The van der Waals surface area contributed by atoms with Crippen LogP contribution in [0, 0.1) is 0 Å². The number of hydrogen-bond donors (Lipinski definition) is 1. The van der Waals surface area contributed by atoms with Crippen molar-refractivity contribution >= 4 is 22.7 Å². The molecule has 0 aliphatic carbocycles. The highest BCUT2D eigenvalue weighted by Crippen LogP contribution is 2.22. The molecule has 0 spiro atoms. The number of anilines is 1. The molecule has 0 fully saturated rings. The van der Waals surface area contributed by atoms with Crippen molar-refractivity contribution in [2.24, 2.45) is 0 Å². The summed E-state index contributed by atoms with van der Waals surface area (Å²) in [4.78, 5) is 15.9. The molecule has 0 unspecified atom stereocenters. The lowest BCUT2D eigenvalue weighted by Gasteiger charge is -2.19. The Labute approximate surface area is 117 Å². The highest BCUT2D eigenvalue weighted by atomic mass is 16.6. The summed E-state index contributed by atoms with van der Waals surface area (Å²) in [5.41, 5.74) is -0.533. The number of methoxy groups -OCH3 is 1. The Kier molecular flexibility index (Phi) is 3.79. The summed E-state index contributed by atoms with van der Waals surface area (Å²) in [5, 5.41) is 4.52. The molecule has 2 rings (SSSR count). The maximum absolute atomic E-state index is 11.7. The first-order chi connectivity index (χ1) is 9.37. The molecule has 5 nitrogen and oxygen atoms in total. The Morgan fingerprint density at radius 2 is 1.95 bits per heavy atom. The molecule has 1 aromatic carbocycles. The number of rotatable bonds is 2. The number of carbonyl (C=O) groups is 1. The number of pyridine rings is 1. The van der Waals surface area contributed by atoms with Crippen molar-refractivity contribution in [3.05, 3.63) is 30.5 Å². The first-order valence-corrected chi connectivity index (χ1v) is 6.31. The number of hydrogen-bond acceptors (Lipinski definition) is 4. The van der Waals surface area contributed by atoms with Gasteiger partial charge in [-0.05, 0) is 44.4 Å². The van der Waals surface area contributed by atoms with Crippen LogP contribution in [0.4, 0.5) is 10.6 Å². The van der Waals surface area contributed by atoms with E-state index in [0.29, 0.717) is 5.82 Å². The normalized spacial score (nSPS) is 11.2. The lowest BCUT2D eigenvalue weighted by molar-refractivity contribution is 0.0635. The van der Waals surface area contributed by atoms with Crippen LogP contribution in [0.15, 0.2) is 30.5 Å². The number of amides is 1. The third-order valence-electron chi connectivity index (χ3n) is 2.56. The Bertz CT molecular complexity index is 633. The molecule has 1 heterocycles. The van der Waals surface area contributed by atoms with E-state index in [1.165, 1.54) is 0 Å². The van der Waals surface area contributed by atoms with Crippen molar-refractivity contribution < 1.29 is 14.3 Å². The van der Waals surface area contributed by atoms with E-state index in [4.69, 9.17) is 9.47 Å². The molecule has 0 bridgehead atoms. The molecule has 0 radical (unpaired) electrons. The molecule has 1 N–H and O–H groups in total. The van der Waals surface area contributed by atoms with Crippen molar-refractivity contribution in [3.8, 4) is 5.75 Å². The number of ether oxygens (including phenoxy) is 2. The smallest absolute Gasteiger partial charge is 0.413 e. The quantitative estimate of drug-likeness (QED) is 0.909. The number of fused-ring (bicyclic) bond motifs is 1. The molecule has 106 valence electrons. The topological polar surface area (TPSA) is 60.5 Å². The number of nitrogens with zero attached hydrogens (tertiary/aromatic N) is 1. The van der Waals surface area contributed by atoms with Gasteiger partial charge in [0.25, 0.3) is 0 Å². The van der Waals surface area contributed by atoms with Crippen LogP contribution in [0.3, 0.4) is 0 Å².